The van der Waals surface area contributed by atoms with E-state index in [-0.39, 0.29) is 30.5 Å². The molecule has 0 fully saturated rings. The van der Waals surface area contributed by atoms with Crippen LogP contribution in [0.5, 0.6) is 0 Å². The molecule has 2 rings (SSSR count). The highest BCUT2D eigenvalue weighted by atomic mass is 35.5. The van der Waals surface area contributed by atoms with Gasteiger partial charge in [0.25, 0.3) is 5.91 Å². The van der Waals surface area contributed by atoms with Crippen molar-refractivity contribution in [2.45, 2.75) is 0 Å². The Morgan fingerprint density at radius 1 is 0.962 bits per heavy atom. The Labute approximate surface area is 156 Å². The minimum absolute atomic E-state index is 0.0213. The standard InChI is InChI=1S/C18H19ClN4O3/c1-23(10-16(24)21-13-8-6-12(19)7-9-13)11-17(25)22-15-5-3-2-4-14(15)18(20)26/h2-9H,10-11H2,1H3,(H2,20,26)(H,21,24)(H,22,25). The van der Waals surface area contributed by atoms with E-state index in [1.54, 1.807) is 54.4 Å². The Balaban J connectivity index is 1.86. The average Bonchev–Trinajstić information content (AvgIpc) is 2.56. The van der Waals surface area contributed by atoms with Gasteiger partial charge in [-0.2, -0.15) is 0 Å². The van der Waals surface area contributed by atoms with Gasteiger partial charge in [-0.15, -0.1) is 0 Å². The molecule has 4 N–H and O–H groups in total. The normalized spacial score (nSPS) is 10.4. The predicted molar refractivity (Wildman–Crippen MR) is 101 cm³/mol. The van der Waals surface area contributed by atoms with Crippen molar-refractivity contribution in [2.75, 3.05) is 30.8 Å². The fraction of sp³-hybridized carbons (Fsp3) is 0.167. The van der Waals surface area contributed by atoms with E-state index < -0.39 is 5.91 Å². The van der Waals surface area contributed by atoms with E-state index in [0.29, 0.717) is 16.4 Å². The number of carbonyl (C=O) groups excluding carboxylic acids is 3. The number of benzene rings is 2. The summed E-state index contributed by atoms with van der Waals surface area (Å²) in [5, 5.41) is 5.92. The summed E-state index contributed by atoms with van der Waals surface area (Å²) in [6.45, 7) is -0.00531. The number of primary amides is 1. The largest absolute Gasteiger partial charge is 0.366 e. The second-order valence-electron chi connectivity index (χ2n) is 5.69. The molecule has 0 aliphatic carbocycles. The number of amides is 3. The fourth-order valence-electron chi connectivity index (χ4n) is 2.28. The van der Waals surface area contributed by atoms with Crippen LogP contribution in [0, 0.1) is 0 Å². The Morgan fingerprint density at radius 2 is 1.54 bits per heavy atom. The molecule has 0 unspecified atom stereocenters. The summed E-state index contributed by atoms with van der Waals surface area (Å²) in [5.41, 5.74) is 6.46. The molecule has 0 spiro atoms. The predicted octanol–water partition coefficient (Wildman–Crippen LogP) is 1.95. The van der Waals surface area contributed by atoms with Gasteiger partial charge in [0.15, 0.2) is 0 Å². The third-order valence-electron chi connectivity index (χ3n) is 3.42. The zero-order chi connectivity index (χ0) is 19.1. The van der Waals surface area contributed by atoms with Crippen molar-refractivity contribution in [3.63, 3.8) is 0 Å². The monoisotopic (exact) mass is 374 g/mol. The van der Waals surface area contributed by atoms with Gasteiger partial charge in [0, 0.05) is 10.7 Å². The molecule has 0 saturated heterocycles. The second kappa shape index (κ2) is 8.98. The van der Waals surface area contributed by atoms with Gasteiger partial charge < -0.3 is 16.4 Å². The number of hydrogen-bond acceptors (Lipinski definition) is 4. The van der Waals surface area contributed by atoms with E-state index >= 15 is 0 Å². The highest BCUT2D eigenvalue weighted by molar-refractivity contribution is 6.30. The van der Waals surface area contributed by atoms with Crippen LogP contribution in [-0.2, 0) is 9.59 Å². The number of rotatable bonds is 7. The van der Waals surface area contributed by atoms with Crippen molar-refractivity contribution in [1.82, 2.24) is 4.90 Å². The molecule has 2 aromatic rings. The summed E-state index contributed by atoms with van der Waals surface area (Å²) in [4.78, 5) is 37.1. The molecular weight excluding hydrogens is 356 g/mol. The molecule has 8 heteroatoms. The molecule has 0 aromatic heterocycles. The first-order valence-corrected chi connectivity index (χ1v) is 8.15. The van der Waals surface area contributed by atoms with Crippen molar-refractivity contribution in [2.24, 2.45) is 5.73 Å². The van der Waals surface area contributed by atoms with Gasteiger partial charge in [0.2, 0.25) is 11.8 Å². The van der Waals surface area contributed by atoms with Gasteiger partial charge in [0.05, 0.1) is 24.3 Å². The van der Waals surface area contributed by atoms with E-state index in [9.17, 15) is 14.4 Å². The number of hydrogen-bond donors (Lipinski definition) is 3. The van der Waals surface area contributed by atoms with Crippen LogP contribution in [0.15, 0.2) is 48.5 Å². The molecular formula is C18H19ClN4O3. The Hall–Kier alpha value is -2.90. The highest BCUT2D eigenvalue weighted by Gasteiger charge is 2.14. The van der Waals surface area contributed by atoms with E-state index in [0.717, 1.165) is 0 Å². The molecule has 0 saturated carbocycles. The van der Waals surface area contributed by atoms with Crippen molar-refractivity contribution in [1.29, 1.82) is 0 Å². The molecule has 136 valence electrons. The number of nitrogens with one attached hydrogen (secondary N) is 2. The van der Waals surface area contributed by atoms with Crippen LogP contribution in [-0.4, -0.2) is 42.8 Å². The van der Waals surface area contributed by atoms with Gasteiger partial charge >= 0.3 is 0 Å². The number of nitrogens with two attached hydrogens (primary N) is 1. The van der Waals surface area contributed by atoms with Crippen LogP contribution in [0.2, 0.25) is 5.02 Å². The fourth-order valence-corrected chi connectivity index (χ4v) is 2.40. The average molecular weight is 375 g/mol. The number of nitrogens with zero attached hydrogens (tertiary/aromatic N) is 1. The molecule has 3 amide bonds. The summed E-state index contributed by atoms with van der Waals surface area (Å²) in [5.74, 6) is -1.25. The zero-order valence-corrected chi connectivity index (χ0v) is 14.9. The molecule has 0 aliphatic rings. The summed E-state index contributed by atoms with van der Waals surface area (Å²) in [7, 11) is 1.64. The lowest BCUT2D eigenvalue weighted by Crippen LogP contribution is -2.36. The van der Waals surface area contributed by atoms with Gasteiger partial charge in [-0.25, -0.2) is 0 Å². The lowest BCUT2D eigenvalue weighted by Gasteiger charge is -2.16. The first-order valence-electron chi connectivity index (χ1n) is 7.78. The molecule has 0 aliphatic heterocycles. The van der Waals surface area contributed by atoms with E-state index in [4.69, 9.17) is 17.3 Å². The van der Waals surface area contributed by atoms with Crippen LogP contribution < -0.4 is 16.4 Å². The minimum atomic E-state index is -0.628. The third kappa shape index (κ3) is 5.87. The summed E-state index contributed by atoms with van der Waals surface area (Å²) >= 11 is 5.79. The van der Waals surface area contributed by atoms with Crippen LogP contribution in [0.4, 0.5) is 11.4 Å². The lowest BCUT2D eigenvalue weighted by atomic mass is 10.1. The lowest BCUT2D eigenvalue weighted by molar-refractivity contribution is -0.119. The van der Waals surface area contributed by atoms with Gasteiger partial charge in [-0.3, -0.25) is 19.3 Å². The van der Waals surface area contributed by atoms with Crippen LogP contribution in [0.1, 0.15) is 10.4 Å². The Bertz CT molecular complexity index is 808. The van der Waals surface area contributed by atoms with Crippen LogP contribution >= 0.6 is 11.6 Å². The molecule has 0 heterocycles. The minimum Gasteiger partial charge on any atom is -0.366 e. The number of halogens is 1. The molecule has 0 bridgehead atoms. The smallest absolute Gasteiger partial charge is 0.250 e. The van der Waals surface area contributed by atoms with E-state index in [1.165, 1.54) is 6.07 Å². The van der Waals surface area contributed by atoms with E-state index in [1.807, 2.05) is 0 Å². The van der Waals surface area contributed by atoms with Gasteiger partial charge in [-0.05, 0) is 43.4 Å². The SMILES string of the molecule is CN(CC(=O)Nc1ccc(Cl)cc1)CC(=O)Nc1ccccc1C(N)=O. The Kier molecular flexibility index (Phi) is 6.71. The van der Waals surface area contributed by atoms with Crippen molar-refractivity contribution in [3.05, 3.63) is 59.1 Å². The second-order valence-corrected chi connectivity index (χ2v) is 6.12. The number of anilines is 2. The number of carbonyl (C=O) groups is 3. The van der Waals surface area contributed by atoms with Gasteiger partial charge in [-0.1, -0.05) is 23.7 Å². The first kappa shape index (κ1) is 19.4. The topological polar surface area (TPSA) is 105 Å². The van der Waals surface area contributed by atoms with E-state index in [2.05, 4.69) is 10.6 Å². The van der Waals surface area contributed by atoms with Crippen LogP contribution in [0.3, 0.4) is 0 Å². The van der Waals surface area contributed by atoms with Crippen molar-refractivity contribution in [3.8, 4) is 0 Å². The summed E-state index contributed by atoms with van der Waals surface area (Å²) < 4.78 is 0. The number of likely N-dealkylation sites (N-methyl/N-ethyl adjacent to an activating group) is 1. The van der Waals surface area contributed by atoms with Crippen molar-refractivity contribution < 1.29 is 14.4 Å². The molecule has 2 aromatic carbocycles. The zero-order valence-electron chi connectivity index (χ0n) is 14.2. The molecule has 7 nitrogen and oxygen atoms in total. The molecule has 26 heavy (non-hydrogen) atoms. The maximum atomic E-state index is 12.1. The Morgan fingerprint density at radius 3 is 2.15 bits per heavy atom. The summed E-state index contributed by atoms with van der Waals surface area (Å²) in [6, 6.07) is 13.2. The maximum Gasteiger partial charge on any atom is 0.250 e. The number of para-hydroxylation sites is 1. The third-order valence-corrected chi connectivity index (χ3v) is 3.67. The quantitative estimate of drug-likeness (QED) is 0.688. The molecule has 0 radical (unpaired) electrons. The molecule has 0 atom stereocenters. The van der Waals surface area contributed by atoms with Gasteiger partial charge in [0.1, 0.15) is 0 Å². The highest BCUT2D eigenvalue weighted by Crippen LogP contribution is 2.14. The van der Waals surface area contributed by atoms with Crippen molar-refractivity contribution >= 4 is 40.7 Å². The maximum absolute atomic E-state index is 12.1. The van der Waals surface area contributed by atoms with Crippen LogP contribution in [0.25, 0.3) is 0 Å². The summed E-state index contributed by atoms with van der Waals surface area (Å²) in [6.07, 6.45) is 0. The first-order chi connectivity index (χ1) is 12.3.